The van der Waals surface area contributed by atoms with E-state index in [1.165, 1.54) is 4.90 Å². The number of amides is 1. The number of likely N-dealkylation sites (N-methyl/N-ethyl adjacent to an activating group) is 1. The van der Waals surface area contributed by atoms with Crippen LogP contribution in [0.15, 0.2) is 0 Å². The van der Waals surface area contributed by atoms with Gasteiger partial charge < -0.3 is 9.64 Å². The Morgan fingerprint density at radius 3 is 2.42 bits per heavy atom. The lowest BCUT2D eigenvalue weighted by Gasteiger charge is -2.26. The van der Waals surface area contributed by atoms with Gasteiger partial charge in [0.2, 0.25) is 0 Å². The molecule has 0 aromatic rings. The highest BCUT2D eigenvalue weighted by Gasteiger charge is 2.35. The molecule has 7 heteroatoms. The van der Waals surface area contributed by atoms with Crippen molar-refractivity contribution in [2.24, 2.45) is 5.92 Å². The molecule has 0 aromatic heterocycles. The molecule has 0 aromatic carbocycles. The van der Waals surface area contributed by atoms with Crippen molar-refractivity contribution in [3.05, 3.63) is 0 Å². The molecule has 6 nitrogen and oxygen atoms in total. The summed E-state index contributed by atoms with van der Waals surface area (Å²) in [7, 11) is -3.02. The van der Waals surface area contributed by atoms with E-state index in [-0.39, 0.29) is 41.9 Å². The molecule has 2 rings (SSSR count). The highest BCUT2D eigenvalue weighted by Crippen LogP contribution is 2.30. The van der Waals surface area contributed by atoms with Crippen LogP contribution in [0.1, 0.15) is 26.2 Å². The van der Waals surface area contributed by atoms with Crippen molar-refractivity contribution in [2.45, 2.75) is 32.2 Å². The van der Waals surface area contributed by atoms with Gasteiger partial charge in [-0.15, -0.1) is 0 Å². The van der Waals surface area contributed by atoms with E-state index in [9.17, 15) is 18.0 Å². The van der Waals surface area contributed by atoms with Crippen molar-refractivity contribution >= 4 is 21.7 Å². The molecule has 1 atom stereocenters. The molecular weight excluding hydrogens is 270 g/mol. The average molecular weight is 289 g/mol. The Kier molecular flexibility index (Phi) is 4.13. The van der Waals surface area contributed by atoms with Crippen LogP contribution in [-0.4, -0.2) is 55.9 Å². The van der Waals surface area contributed by atoms with E-state index >= 15 is 0 Å². The number of hydrogen-bond donors (Lipinski definition) is 0. The van der Waals surface area contributed by atoms with Gasteiger partial charge in [0.25, 0.3) is 5.91 Å². The molecule has 0 radical (unpaired) electrons. The maximum atomic E-state index is 12.0. The van der Waals surface area contributed by atoms with Crippen molar-refractivity contribution in [3.8, 4) is 0 Å². The van der Waals surface area contributed by atoms with E-state index < -0.39 is 9.84 Å². The lowest BCUT2D eigenvalue weighted by Crippen LogP contribution is -2.43. The third-order valence-corrected chi connectivity index (χ3v) is 5.31. The Morgan fingerprint density at radius 2 is 1.95 bits per heavy atom. The van der Waals surface area contributed by atoms with Crippen LogP contribution in [0.2, 0.25) is 0 Å². The number of carbonyl (C=O) groups is 2. The Balaban J connectivity index is 1.86. The Bertz CT molecular complexity index is 469. The zero-order valence-electron chi connectivity index (χ0n) is 11.0. The SMILES string of the molecule is CCN(C(=O)COC(=O)C1CC1)C1CCS(=O)(=O)C1. The number of ether oxygens (including phenoxy) is 1. The lowest BCUT2D eigenvalue weighted by molar-refractivity contribution is -0.153. The van der Waals surface area contributed by atoms with Crippen molar-refractivity contribution < 1.29 is 22.7 Å². The summed E-state index contributed by atoms with van der Waals surface area (Å²) in [5.74, 6) is -0.510. The van der Waals surface area contributed by atoms with Gasteiger partial charge in [0.15, 0.2) is 16.4 Å². The minimum atomic E-state index is -3.02. The number of sulfone groups is 1. The van der Waals surface area contributed by atoms with E-state index in [0.29, 0.717) is 13.0 Å². The van der Waals surface area contributed by atoms with E-state index in [1.54, 1.807) is 6.92 Å². The molecule has 1 aliphatic heterocycles. The van der Waals surface area contributed by atoms with Gasteiger partial charge in [-0.3, -0.25) is 9.59 Å². The lowest BCUT2D eigenvalue weighted by atomic mass is 10.2. The quantitative estimate of drug-likeness (QED) is 0.664. The predicted octanol–water partition coefficient (Wildman–Crippen LogP) is -0.0248. The van der Waals surface area contributed by atoms with Crippen LogP contribution < -0.4 is 0 Å². The Morgan fingerprint density at radius 1 is 1.26 bits per heavy atom. The van der Waals surface area contributed by atoms with E-state index in [0.717, 1.165) is 12.8 Å². The molecule has 1 aliphatic carbocycles. The first kappa shape index (κ1) is 14.3. The largest absolute Gasteiger partial charge is 0.455 e. The van der Waals surface area contributed by atoms with Crippen LogP contribution in [0.3, 0.4) is 0 Å². The molecule has 2 aliphatic rings. The van der Waals surface area contributed by atoms with E-state index in [4.69, 9.17) is 4.74 Å². The molecule has 0 N–H and O–H groups in total. The van der Waals surface area contributed by atoms with Crippen molar-refractivity contribution in [1.29, 1.82) is 0 Å². The predicted molar refractivity (Wildman–Crippen MR) is 68.1 cm³/mol. The highest BCUT2D eigenvalue weighted by molar-refractivity contribution is 7.91. The summed E-state index contributed by atoms with van der Waals surface area (Å²) in [4.78, 5) is 24.8. The molecule has 1 unspecified atom stereocenters. The maximum Gasteiger partial charge on any atom is 0.309 e. The molecule has 0 spiro atoms. The molecule has 19 heavy (non-hydrogen) atoms. The summed E-state index contributed by atoms with van der Waals surface area (Å²) in [5.41, 5.74) is 0. The number of nitrogens with zero attached hydrogens (tertiary/aromatic N) is 1. The number of rotatable bonds is 5. The summed E-state index contributed by atoms with van der Waals surface area (Å²) in [5, 5.41) is 0. The first-order valence-electron chi connectivity index (χ1n) is 6.59. The third kappa shape index (κ3) is 3.68. The second kappa shape index (κ2) is 5.48. The van der Waals surface area contributed by atoms with Gasteiger partial charge in [-0.25, -0.2) is 8.42 Å². The topological polar surface area (TPSA) is 80.8 Å². The van der Waals surface area contributed by atoms with Gasteiger partial charge in [-0.2, -0.15) is 0 Å². The fourth-order valence-corrected chi connectivity index (χ4v) is 4.04. The fourth-order valence-electron chi connectivity index (χ4n) is 2.31. The molecule has 0 bridgehead atoms. The first-order valence-corrected chi connectivity index (χ1v) is 8.41. The minimum absolute atomic E-state index is 0.0170. The second-order valence-corrected chi connectivity index (χ2v) is 7.35. The third-order valence-electron chi connectivity index (χ3n) is 3.56. The minimum Gasteiger partial charge on any atom is -0.455 e. The molecule has 1 amide bonds. The van der Waals surface area contributed by atoms with Gasteiger partial charge in [0.05, 0.1) is 17.4 Å². The maximum absolute atomic E-state index is 12.0. The van der Waals surface area contributed by atoms with Gasteiger partial charge in [-0.05, 0) is 26.2 Å². The monoisotopic (exact) mass is 289 g/mol. The molecule has 1 heterocycles. The van der Waals surface area contributed by atoms with Gasteiger partial charge in [-0.1, -0.05) is 0 Å². The molecule has 1 saturated carbocycles. The zero-order valence-corrected chi connectivity index (χ0v) is 11.8. The first-order chi connectivity index (χ1) is 8.93. The van der Waals surface area contributed by atoms with Gasteiger partial charge in [0.1, 0.15) is 0 Å². The summed E-state index contributed by atoms with van der Waals surface area (Å²) >= 11 is 0. The molecule has 108 valence electrons. The number of hydrogen-bond acceptors (Lipinski definition) is 5. The van der Waals surface area contributed by atoms with E-state index in [1.807, 2.05) is 0 Å². The van der Waals surface area contributed by atoms with Crippen molar-refractivity contribution in [2.75, 3.05) is 24.7 Å². The summed E-state index contributed by atoms with van der Waals surface area (Å²) in [6, 6.07) is -0.276. The smallest absolute Gasteiger partial charge is 0.309 e. The van der Waals surface area contributed by atoms with Crippen LogP contribution in [0, 0.1) is 5.92 Å². The number of carbonyl (C=O) groups excluding carboxylic acids is 2. The number of esters is 1. The summed E-state index contributed by atoms with van der Waals surface area (Å²) in [6.45, 7) is 1.95. The van der Waals surface area contributed by atoms with Crippen LogP contribution in [-0.2, 0) is 24.2 Å². The van der Waals surface area contributed by atoms with Gasteiger partial charge in [0, 0.05) is 12.6 Å². The summed E-state index contributed by atoms with van der Waals surface area (Å²) < 4.78 is 27.8. The average Bonchev–Trinajstić information content (AvgIpc) is 3.13. The van der Waals surface area contributed by atoms with Crippen LogP contribution in [0.5, 0.6) is 0 Å². The summed E-state index contributed by atoms with van der Waals surface area (Å²) in [6.07, 6.45) is 2.15. The Labute approximate surface area is 113 Å². The van der Waals surface area contributed by atoms with E-state index in [2.05, 4.69) is 0 Å². The molecular formula is C12H19NO5S. The van der Waals surface area contributed by atoms with Crippen LogP contribution in [0.4, 0.5) is 0 Å². The van der Waals surface area contributed by atoms with Crippen molar-refractivity contribution in [3.63, 3.8) is 0 Å². The molecule has 1 saturated heterocycles. The van der Waals surface area contributed by atoms with Crippen LogP contribution >= 0.6 is 0 Å². The highest BCUT2D eigenvalue weighted by atomic mass is 32.2. The van der Waals surface area contributed by atoms with Crippen LogP contribution in [0.25, 0.3) is 0 Å². The fraction of sp³-hybridized carbons (Fsp3) is 0.833. The second-order valence-electron chi connectivity index (χ2n) is 5.12. The molecule has 2 fully saturated rings. The van der Waals surface area contributed by atoms with Gasteiger partial charge >= 0.3 is 5.97 Å². The normalized spacial score (nSPS) is 25.0. The zero-order chi connectivity index (χ0) is 14.0. The Hall–Kier alpha value is -1.11. The standard InChI is InChI=1S/C12H19NO5S/c1-2-13(10-5-6-19(16,17)8-10)11(14)7-18-12(15)9-3-4-9/h9-10H,2-8H2,1H3. The van der Waals surface area contributed by atoms with Crippen molar-refractivity contribution in [1.82, 2.24) is 4.90 Å².